The number of hydrogen-bond acceptors (Lipinski definition) is 2. The third-order valence-corrected chi connectivity index (χ3v) is 3.09. The minimum absolute atomic E-state index is 0.0565. The van der Waals surface area contributed by atoms with Crippen molar-refractivity contribution in [1.82, 2.24) is 0 Å². The summed E-state index contributed by atoms with van der Waals surface area (Å²) >= 11 is 5.50. The molecule has 2 nitrogen and oxygen atoms in total. The van der Waals surface area contributed by atoms with Gasteiger partial charge >= 0.3 is 6.18 Å². The molecule has 2 aromatic carbocycles. The Morgan fingerprint density at radius 3 is 2.32 bits per heavy atom. The number of carbonyl (C=O) groups excluding carboxylic acids is 1. The number of ketones is 1. The summed E-state index contributed by atoms with van der Waals surface area (Å²) in [6, 6.07) is 10.7. The van der Waals surface area contributed by atoms with Crippen LogP contribution in [0.2, 0.25) is 5.02 Å². The summed E-state index contributed by atoms with van der Waals surface area (Å²) in [5.74, 6) is -4.24. The van der Waals surface area contributed by atoms with Crippen LogP contribution in [0.4, 0.5) is 17.6 Å². The van der Waals surface area contributed by atoms with Gasteiger partial charge in [0, 0.05) is 0 Å². The molecular weight excluding hydrogens is 324 g/mol. The lowest BCUT2D eigenvalue weighted by molar-refractivity contribution is -0.0887. The Morgan fingerprint density at radius 2 is 1.73 bits per heavy atom. The third-order valence-electron chi connectivity index (χ3n) is 2.78. The van der Waals surface area contributed by atoms with Crippen LogP contribution in [0.5, 0.6) is 5.75 Å². The van der Waals surface area contributed by atoms with Crippen LogP contribution in [0.15, 0.2) is 42.5 Å². The van der Waals surface area contributed by atoms with Gasteiger partial charge in [0.2, 0.25) is 0 Å². The molecular formula is C15H9ClF4O2. The first-order valence-corrected chi connectivity index (χ1v) is 6.44. The third kappa shape index (κ3) is 3.57. The number of carbonyl (C=O) groups is 1. The highest BCUT2D eigenvalue weighted by Crippen LogP contribution is 2.32. The maximum atomic E-state index is 14.1. The number of halogens is 5. The predicted molar refractivity (Wildman–Crippen MR) is 72.6 cm³/mol. The monoisotopic (exact) mass is 332 g/mol. The molecule has 2 aromatic rings. The number of ether oxygens (including phenoxy) is 1. The van der Waals surface area contributed by atoms with Crippen molar-refractivity contribution in [3.05, 3.63) is 64.4 Å². The molecule has 22 heavy (non-hydrogen) atoms. The number of rotatable bonds is 4. The summed E-state index contributed by atoms with van der Waals surface area (Å²) < 4.78 is 56.6. The van der Waals surface area contributed by atoms with Crippen LogP contribution in [0.25, 0.3) is 0 Å². The van der Waals surface area contributed by atoms with Crippen LogP contribution in [-0.2, 0) is 6.61 Å². The summed E-state index contributed by atoms with van der Waals surface area (Å²) in [6.45, 7) is -0.0565. The molecule has 2 rings (SSSR count). The van der Waals surface area contributed by atoms with Crippen LogP contribution in [0.1, 0.15) is 15.9 Å². The van der Waals surface area contributed by atoms with Gasteiger partial charge in [-0.15, -0.1) is 0 Å². The second kappa shape index (κ2) is 6.36. The van der Waals surface area contributed by atoms with Crippen molar-refractivity contribution >= 4 is 17.4 Å². The fraction of sp³-hybridized carbons (Fsp3) is 0.133. The summed E-state index contributed by atoms with van der Waals surface area (Å²) in [6.07, 6.45) is -5.22. The zero-order valence-electron chi connectivity index (χ0n) is 11.0. The van der Waals surface area contributed by atoms with E-state index in [9.17, 15) is 22.4 Å². The van der Waals surface area contributed by atoms with Gasteiger partial charge < -0.3 is 4.74 Å². The van der Waals surface area contributed by atoms with Crippen LogP contribution in [-0.4, -0.2) is 12.0 Å². The van der Waals surface area contributed by atoms with Crippen LogP contribution in [0, 0.1) is 5.82 Å². The maximum Gasteiger partial charge on any atom is 0.455 e. The van der Waals surface area contributed by atoms with Gasteiger partial charge in [-0.05, 0) is 17.7 Å². The Kier molecular flexibility index (Phi) is 4.71. The molecule has 0 aromatic heterocycles. The van der Waals surface area contributed by atoms with E-state index in [0.29, 0.717) is 5.56 Å². The van der Waals surface area contributed by atoms with E-state index in [1.54, 1.807) is 30.3 Å². The molecule has 7 heteroatoms. The first-order valence-electron chi connectivity index (χ1n) is 6.07. The summed E-state index contributed by atoms with van der Waals surface area (Å²) in [4.78, 5) is 11.2. The molecule has 0 N–H and O–H groups in total. The summed E-state index contributed by atoms with van der Waals surface area (Å²) in [5, 5.41) is -0.619. The van der Waals surface area contributed by atoms with Crippen molar-refractivity contribution in [3.8, 4) is 5.75 Å². The van der Waals surface area contributed by atoms with Gasteiger partial charge in [0.15, 0.2) is 11.6 Å². The molecule has 0 radical (unpaired) electrons. The molecule has 116 valence electrons. The topological polar surface area (TPSA) is 26.3 Å². The lowest BCUT2D eigenvalue weighted by Gasteiger charge is -2.12. The normalized spacial score (nSPS) is 11.3. The van der Waals surface area contributed by atoms with Gasteiger partial charge in [0.05, 0.1) is 10.6 Å². The fourth-order valence-electron chi connectivity index (χ4n) is 1.73. The highest BCUT2D eigenvalue weighted by molar-refractivity contribution is 6.34. The van der Waals surface area contributed by atoms with E-state index >= 15 is 0 Å². The molecule has 0 saturated heterocycles. The minimum Gasteiger partial charge on any atom is -0.486 e. The zero-order valence-corrected chi connectivity index (χ0v) is 11.7. The summed E-state index contributed by atoms with van der Waals surface area (Å²) in [7, 11) is 0. The van der Waals surface area contributed by atoms with Gasteiger partial charge in [-0.1, -0.05) is 41.9 Å². The molecule has 0 saturated carbocycles. The Labute approximate surface area is 128 Å². The predicted octanol–water partition coefficient (Wildman–Crippen LogP) is 4.80. The van der Waals surface area contributed by atoms with Crippen molar-refractivity contribution in [2.75, 3.05) is 0 Å². The lowest BCUT2D eigenvalue weighted by atomic mass is 10.1. The highest BCUT2D eigenvalue weighted by Gasteiger charge is 2.42. The van der Waals surface area contributed by atoms with Gasteiger partial charge in [0.25, 0.3) is 5.78 Å². The van der Waals surface area contributed by atoms with Crippen LogP contribution in [0.3, 0.4) is 0 Å². The smallest absolute Gasteiger partial charge is 0.455 e. The number of benzene rings is 2. The Balaban J connectivity index is 2.29. The molecule has 0 heterocycles. The Bertz CT molecular complexity index is 684. The quantitative estimate of drug-likeness (QED) is 0.593. The van der Waals surface area contributed by atoms with E-state index in [-0.39, 0.29) is 6.61 Å². The van der Waals surface area contributed by atoms with E-state index in [1.165, 1.54) is 0 Å². The minimum atomic E-state index is -5.22. The lowest BCUT2D eigenvalue weighted by Crippen LogP contribution is -2.24. The molecule has 0 amide bonds. The van der Waals surface area contributed by atoms with Crippen molar-refractivity contribution in [3.63, 3.8) is 0 Å². The number of alkyl halides is 3. The Hall–Kier alpha value is -2.08. The van der Waals surface area contributed by atoms with Gasteiger partial charge in [-0.2, -0.15) is 13.2 Å². The van der Waals surface area contributed by atoms with Gasteiger partial charge in [-0.3, -0.25) is 4.79 Å². The van der Waals surface area contributed by atoms with Crippen molar-refractivity contribution in [1.29, 1.82) is 0 Å². The number of Topliss-reactive ketones (excluding diaryl/α,β-unsaturated/α-hetero) is 1. The molecule has 0 unspecified atom stereocenters. The van der Waals surface area contributed by atoms with E-state index in [0.717, 1.165) is 12.1 Å². The van der Waals surface area contributed by atoms with Crippen molar-refractivity contribution < 1.29 is 27.1 Å². The van der Waals surface area contributed by atoms with Crippen LogP contribution >= 0.6 is 11.6 Å². The molecule has 0 atom stereocenters. The second-order valence-corrected chi connectivity index (χ2v) is 4.74. The van der Waals surface area contributed by atoms with E-state index < -0.39 is 34.1 Å². The van der Waals surface area contributed by atoms with Crippen LogP contribution < -0.4 is 4.74 Å². The average molecular weight is 333 g/mol. The largest absolute Gasteiger partial charge is 0.486 e. The zero-order chi connectivity index (χ0) is 16.3. The van der Waals surface area contributed by atoms with Gasteiger partial charge in [0.1, 0.15) is 6.61 Å². The standard InChI is InChI=1S/C15H9ClF4O2/c16-10-6-7-11(22-8-9-4-2-1-3-5-9)13(17)12(10)14(21)15(18,19)20/h1-7H,8H2. The van der Waals surface area contributed by atoms with Gasteiger partial charge in [-0.25, -0.2) is 4.39 Å². The first-order chi connectivity index (χ1) is 10.3. The van der Waals surface area contributed by atoms with E-state index in [1.807, 2.05) is 0 Å². The summed E-state index contributed by atoms with van der Waals surface area (Å²) in [5.41, 5.74) is -0.541. The van der Waals surface area contributed by atoms with Crippen molar-refractivity contribution in [2.24, 2.45) is 0 Å². The fourth-order valence-corrected chi connectivity index (χ4v) is 1.96. The first kappa shape index (κ1) is 16.3. The SMILES string of the molecule is O=C(c1c(Cl)ccc(OCc2ccccc2)c1F)C(F)(F)F. The molecule has 0 fully saturated rings. The van der Waals surface area contributed by atoms with Crippen molar-refractivity contribution in [2.45, 2.75) is 12.8 Å². The van der Waals surface area contributed by atoms with E-state index in [2.05, 4.69) is 0 Å². The molecule has 0 aliphatic carbocycles. The van der Waals surface area contributed by atoms with E-state index in [4.69, 9.17) is 16.3 Å². The maximum absolute atomic E-state index is 14.1. The second-order valence-electron chi connectivity index (χ2n) is 4.34. The average Bonchev–Trinajstić information content (AvgIpc) is 2.46. The molecule has 0 bridgehead atoms. The number of hydrogen-bond donors (Lipinski definition) is 0. The Morgan fingerprint density at radius 1 is 1.09 bits per heavy atom. The molecule has 0 spiro atoms. The molecule has 0 aliphatic rings. The highest BCUT2D eigenvalue weighted by atomic mass is 35.5. The molecule has 0 aliphatic heterocycles.